The number of allylic oxidation sites excluding steroid dienone is 1. The molecular formula is C17H27NO5. The van der Waals surface area contributed by atoms with E-state index in [1.54, 1.807) is 60.6 Å². The molecule has 1 heterocycles. The minimum Gasteiger partial charge on any atom is -0.458 e. The van der Waals surface area contributed by atoms with Crippen LogP contribution in [0, 0.1) is 5.92 Å². The highest BCUT2D eigenvalue weighted by atomic mass is 16.6. The molecule has 2 amide bonds. The van der Waals surface area contributed by atoms with E-state index in [0.29, 0.717) is 0 Å². The molecule has 23 heavy (non-hydrogen) atoms. The largest absolute Gasteiger partial charge is 0.458 e. The summed E-state index contributed by atoms with van der Waals surface area (Å²) in [5.74, 6) is -1.55. The summed E-state index contributed by atoms with van der Waals surface area (Å²) < 4.78 is 10.6. The van der Waals surface area contributed by atoms with E-state index in [0.717, 1.165) is 4.90 Å². The van der Waals surface area contributed by atoms with Crippen LogP contribution in [-0.2, 0) is 19.1 Å². The number of carbonyl (C=O) groups excluding carboxylic acids is 3. The smallest absolute Gasteiger partial charge is 0.417 e. The monoisotopic (exact) mass is 325 g/mol. The van der Waals surface area contributed by atoms with Gasteiger partial charge in [0.15, 0.2) is 0 Å². The summed E-state index contributed by atoms with van der Waals surface area (Å²) in [6, 6.07) is -0.960. The van der Waals surface area contributed by atoms with Crippen LogP contribution < -0.4 is 0 Å². The first-order valence-electron chi connectivity index (χ1n) is 7.77. The van der Waals surface area contributed by atoms with Crippen LogP contribution in [0.2, 0.25) is 0 Å². The Hall–Kier alpha value is -1.85. The van der Waals surface area contributed by atoms with Crippen molar-refractivity contribution in [2.75, 3.05) is 0 Å². The molecule has 0 aromatic rings. The Labute approximate surface area is 137 Å². The lowest BCUT2D eigenvalue weighted by atomic mass is 10.0. The summed E-state index contributed by atoms with van der Waals surface area (Å²) in [6.07, 6.45) is 2.81. The molecule has 1 aliphatic heterocycles. The summed E-state index contributed by atoms with van der Waals surface area (Å²) in [5.41, 5.74) is -1.45. The van der Waals surface area contributed by atoms with Gasteiger partial charge in [-0.2, -0.15) is 0 Å². The van der Waals surface area contributed by atoms with Crippen LogP contribution in [-0.4, -0.2) is 40.1 Å². The van der Waals surface area contributed by atoms with E-state index >= 15 is 0 Å². The number of hydrogen-bond acceptors (Lipinski definition) is 5. The van der Waals surface area contributed by atoms with Crippen LogP contribution in [0.5, 0.6) is 0 Å². The van der Waals surface area contributed by atoms with Gasteiger partial charge in [-0.3, -0.25) is 4.79 Å². The van der Waals surface area contributed by atoms with Gasteiger partial charge < -0.3 is 9.47 Å². The lowest BCUT2D eigenvalue weighted by Gasteiger charge is -2.28. The molecule has 0 radical (unpaired) electrons. The third-order valence-corrected chi connectivity index (χ3v) is 3.04. The van der Waals surface area contributed by atoms with Gasteiger partial charge >= 0.3 is 12.1 Å². The van der Waals surface area contributed by atoms with E-state index in [9.17, 15) is 14.4 Å². The number of likely N-dealkylation sites (tertiary alicyclic amines) is 1. The first kappa shape index (κ1) is 19.2. The molecule has 130 valence electrons. The highest BCUT2D eigenvalue weighted by Crippen LogP contribution is 2.29. The zero-order chi connectivity index (χ0) is 18.0. The SMILES string of the molecule is C/C=C/[C@@H]1C[C@@H](C(=O)OC(C)(C)C)N(C(=O)OC(C)(C)C)C1=O. The zero-order valence-electron chi connectivity index (χ0n) is 15.0. The minimum atomic E-state index is -0.960. The predicted octanol–water partition coefficient (Wildman–Crippen LogP) is 3.06. The van der Waals surface area contributed by atoms with E-state index in [2.05, 4.69) is 0 Å². The van der Waals surface area contributed by atoms with Crippen molar-refractivity contribution in [3.05, 3.63) is 12.2 Å². The Morgan fingerprint density at radius 1 is 1.09 bits per heavy atom. The Kier molecular flexibility index (Phi) is 5.61. The van der Waals surface area contributed by atoms with E-state index in [-0.39, 0.29) is 6.42 Å². The molecule has 0 spiro atoms. The first-order valence-corrected chi connectivity index (χ1v) is 7.77. The number of nitrogens with zero attached hydrogens (tertiary/aromatic N) is 1. The van der Waals surface area contributed by atoms with Crippen molar-refractivity contribution in [1.29, 1.82) is 0 Å². The number of rotatable bonds is 2. The highest BCUT2D eigenvalue weighted by molar-refractivity contribution is 6.01. The molecule has 6 heteroatoms. The second-order valence-electron chi connectivity index (χ2n) is 7.61. The van der Waals surface area contributed by atoms with Gasteiger partial charge in [-0.1, -0.05) is 12.2 Å². The number of amides is 2. The summed E-state index contributed by atoms with van der Waals surface area (Å²) in [5, 5.41) is 0. The molecule has 0 saturated carbocycles. The molecule has 0 aromatic carbocycles. The second-order valence-corrected chi connectivity index (χ2v) is 7.61. The predicted molar refractivity (Wildman–Crippen MR) is 85.6 cm³/mol. The van der Waals surface area contributed by atoms with Gasteiger partial charge in [0, 0.05) is 0 Å². The Morgan fingerprint density at radius 2 is 1.61 bits per heavy atom. The fraction of sp³-hybridized carbons (Fsp3) is 0.706. The van der Waals surface area contributed by atoms with Crippen LogP contribution in [0.4, 0.5) is 4.79 Å². The molecule has 1 fully saturated rings. The van der Waals surface area contributed by atoms with Crippen molar-refractivity contribution in [1.82, 2.24) is 4.90 Å². The van der Waals surface area contributed by atoms with E-state index in [1.165, 1.54) is 0 Å². The van der Waals surface area contributed by atoms with E-state index < -0.39 is 41.1 Å². The van der Waals surface area contributed by atoms with Crippen LogP contribution in [0.1, 0.15) is 54.9 Å². The van der Waals surface area contributed by atoms with Crippen LogP contribution in [0.3, 0.4) is 0 Å². The molecule has 0 N–H and O–H groups in total. The lowest BCUT2D eigenvalue weighted by Crippen LogP contribution is -2.47. The van der Waals surface area contributed by atoms with Gasteiger partial charge in [0.2, 0.25) is 5.91 Å². The van der Waals surface area contributed by atoms with Gasteiger partial charge in [-0.05, 0) is 54.9 Å². The standard InChI is InChI=1S/C17H27NO5/c1-8-9-11-10-12(14(20)22-16(2,3)4)18(13(11)19)15(21)23-17(5,6)7/h8-9,11-12H,10H2,1-7H3/b9-8+/t11-,12+/m1/s1. The van der Waals surface area contributed by atoms with Crippen molar-refractivity contribution < 1.29 is 23.9 Å². The average molecular weight is 325 g/mol. The fourth-order valence-electron chi connectivity index (χ4n) is 2.27. The van der Waals surface area contributed by atoms with Crippen molar-refractivity contribution in [2.45, 2.75) is 72.1 Å². The second kappa shape index (κ2) is 6.72. The maximum absolute atomic E-state index is 12.5. The van der Waals surface area contributed by atoms with Crippen molar-refractivity contribution in [2.24, 2.45) is 5.92 Å². The van der Waals surface area contributed by atoms with Crippen LogP contribution >= 0.6 is 0 Å². The molecule has 1 saturated heterocycles. The van der Waals surface area contributed by atoms with Gasteiger partial charge in [0.1, 0.15) is 17.2 Å². The molecule has 6 nitrogen and oxygen atoms in total. The number of ether oxygens (including phenoxy) is 2. The molecule has 1 rings (SSSR count). The molecule has 0 aliphatic carbocycles. The van der Waals surface area contributed by atoms with E-state index in [1.807, 2.05) is 0 Å². The molecular weight excluding hydrogens is 298 g/mol. The quantitative estimate of drug-likeness (QED) is 0.576. The topological polar surface area (TPSA) is 72.9 Å². The Bertz CT molecular complexity index is 510. The molecule has 2 atom stereocenters. The summed E-state index contributed by atoms with van der Waals surface area (Å²) >= 11 is 0. The Balaban J connectivity index is 3.06. The molecule has 1 aliphatic rings. The highest BCUT2D eigenvalue weighted by Gasteiger charge is 2.48. The van der Waals surface area contributed by atoms with Crippen molar-refractivity contribution in [3.8, 4) is 0 Å². The van der Waals surface area contributed by atoms with Crippen LogP contribution in [0.25, 0.3) is 0 Å². The fourth-order valence-corrected chi connectivity index (χ4v) is 2.27. The minimum absolute atomic E-state index is 0.206. The van der Waals surface area contributed by atoms with Crippen molar-refractivity contribution in [3.63, 3.8) is 0 Å². The third-order valence-electron chi connectivity index (χ3n) is 3.04. The number of hydrogen-bond donors (Lipinski definition) is 0. The van der Waals surface area contributed by atoms with Gasteiger partial charge in [0.25, 0.3) is 0 Å². The van der Waals surface area contributed by atoms with Gasteiger partial charge in [-0.15, -0.1) is 0 Å². The molecule has 0 bridgehead atoms. The number of carbonyl (C=O) groups is 3. The third kappa shape index (κ3) is 5.37. The van der Waals surface area contributed by atoms with Gasteiger partial charge in [0.05, 0.1) is 5.92 Å². The summed E-state index contributed by atoms with van der Waals surface area (Å²) in [7, 11) is 0. The number of imide groups is 1. The van der Waals surface area contributed by atoms with E-state index in [4.69, 9.17) is 9.47 Å². The van der Waals surface area contributed by atoms with Crippen LogP contribution in [0.15, 0.2) is 12.2 Å². The maximum Gasteiger partial charge on any atom is 0.417 e. The van der Waals surface area contributed by atoms with Gasteiger partial charge in [-0.25, -0.2) is 14.5 Å². The average Bonchev–Trinajstić information content (AvgIpc) is 2.63. The zero-order valence-corrected chi connectivity index (χ0v) is 15.0. The van der Waals surface area contributed by atoms with Crippen molar-refractivity contribution >= 4 is 18.0 Å². The Morgan fingerprint density at radius 3 is 2.04 bits per heavy atom. The maximum atomic E-state index is 12.5. The summed E-state index contributed by atoms with van der Waals surface area (Å²) in [6.45, 7) is 12.1. The lowest BCUT2D eigenvalue weighted by molar-refractivity contribution is -0.161. The summed E-state index contributed by atoms with van der Waals surface area (Å²) in [4.78, 5) is 38.1. The molecule has 0 aromatic heterocycles. The molecule has 0 unspecified atom stereocenters. The number of esters is 1. The normalized spacial score (nSPS) is 22.6. The first-order chi connectivity index (χ1) is 10.4.